The molecule has 0 bridgehead atoms. The summed E-state index contributed by atoms with van der Waals surface area (Å²) in [5.41, 5.74) is 1.15. The molecular formula is C22H27NO5. The SMILES string of the molecule is CC(C)(C)OC(=O)NC(COCc1ccccc1)C(=O)OCc1ccccc1. The van der Waals surface area contributed by atoms with E-state index < -0.39 is 23.7 Å². The molecule has 0 aliphatic heterocycles. The number of carbonyl (C=O) groups is 2. The maximum atomic E-state index is 12.5. The number of amides is 1. The molecule has 1 amide bonds. The van der Waals surface area contributed by atoms with Crippen molar-refractivity contribution >= 4 is 12.1 Å². The lowest BCUT2D eigenvalue weighted by atomic mass is 10.2. The number of nitrogens with one attached hydrogen (secondary N) is 1. The number of carbonyl (C=O) groups excluding carboxylic acids is 2. The van der Waals surface area contributed by atoms with Gasteiger partial charge in [-0.2, -0.15) is 0 Å². The molecule has 0 aliphatic carbocycles. The monoisotopic (exact) mass is 385 g/mol. The van der Waals surface area contributed by atoms with Crippen molar-refractivity contribution < 1.29 is 23.8 Å². The van der Waals surface area contributed by atoms with Crippen LogP contribution in [0.25, 0.3) is 0 Å². The summed E-state index contributed by atoms with van der Waals surface area (Å²) in [6, 6.07) is 17.9. The Morgan fingerprint density at radius 3 is 1.96 bits per heavy atom. The van der Waals surface area contributed by atoms with Gasteiger partial charge >= 0.3 is 12.1 Å². The van der Waals surface area contributed by atoms with Crippen LogP contribution >= 0.6 is 0 Å². The van der Waals surface area contributed by atoms with Crippen LogP contribution < -0.4 is 5.32 Å². The molecular weight excluding hydrogens is 358 g/mol. The third-order valence-electron chi connectivity index (χ3n) is 3.60. The number of esters is 1. The Bertz CT molecular complexity index is 741. The van der Waals surface area contributed by atoms with Crippen LogP contribution in [0.5, 0.6) is 0 Å². The van der Waals surface area contributed by atoms with E-state index in [1.54, 1.807) is 20.8 Å². The molecule has 150 valence electrons. The smallest absolute Gasteiger partial charge is 0.408 e. The second-order valence-electron chi connectivity index (χ2n) is 7.29. The van der Waals surface area contributed by atoms with E-state index in [0.29, 0.717) is 6.61 Å². The number of alkyl carbamates (subject to hydrolysis) is 1. The normalized spacial score (nSPS) is 12.1. The van der Waals surface area contributed by atoms with Crippen LogP contribution in [0.4, 0.5) is 4.79 Å². The summed E-state index contributed by atoms with van der Waals surface area (Å²) in [6.45, 7) is 5.66. The summed E-state index contributed by atoms with van der Waals surface area (Å²) in [4.78, 5) is 24.6. The van der Waals surface area contributed by atoms with Gasteiger partial charge in [0.15, 0.2) is 6.04 Å². The molecule has 0 fully saturated rings. The van der Waals surface area contributed by atoms with Crippen molar-refractivity contribution in [3.05, 3.63) is 71.8 Å². The Kier molecular flexibility index (Phi) is 8.02. The van der Waals surface area contributed by atoms with Crippen LogP contribution in [0.2, 0.25) is 0 Å². The summed E-state index contributed by atoms with van der Waals surface area (Å²) in [5, 5.41) is 2.54. The summed E-state index contributed by atoms with van der Waals surface area (Å²) in [5.74, 6) is -0.581. The molecule has 28 heavy (non-hydrogen) atoms. The van der Waals surface area contributed by atoms with Gasteiger partial charge in [-0.3, -0.25) is 0 Å². The number of benzene rings is 2. The zero-order valence-electron chi connectivity index (χ0n) is 16.5. The maximum Gasteiger partial charge on any atom is 0.408 e. The van der Waals surface area contributed by atoms with E-state index in [1.807, 2.05) is 60.7 Å². The fourth-order valence-electron chi connectivity index (χ4n) is 2.32. The van der Waals surface area contributed by atoms with E-state index in [4.69, 9.17) is 14.2 Å². The van der Waals surface area contributed by atoms with Crippen molar-refractivity contribution in [1.29, 1.82) is 0 Å². The van der Waals surface area contributed by atoms with Crippen LogP contribution in [-0.4, -0.2) is 30.3 Å². The van der Waals surface area contributed by atoms with Gasteiger partial charge in [-0.25, -0.2) is 9.59 Å². The molecule has 1 N–H and O–H groups in total. The van der Waals surface area contributed by atoms with E-state index in [9.17, 15) is 9.59 Å². The van der Waals surface area contributed by atoms with Crippen LogP contribution in [0, 0.1) is 0 Å². The van der Waals surface area contributed by atoms with Gasteiger partial charge in [-0.05, 0) is 31.9 Å². The van der Waals surface area contributed by atoms with Gasteiger partial charge in [0, 0.05) is 0 Å². The first kappa shape index (κ1) is 21.4. The Balaban J connectivity index is 1.93. The first-order valence-corrected chi connectivity index (χ1v) is 9.15. The Labute approximate surface area is 165 Å². The average Bonchev–Trinajstić information content (AvgIpc) is 2.65. The van der Waals surface area contributed by atoms with Gasteiger partial charge in [0.1, 0.15) is 12.2 Å². The fourth-order valence-corrected chi connectivity index (χ4v) is 2.32. The second kappa shape index (κ2) is 10.5. The zero-order chi connectivity index (χ0) is 20.4. The molecule has 2 aromatic carbocycles. The van der Waals surface area contributed by atoms with Gasteiger partial charge < -0.3 is 19.5 Å². The number of hydrogen-bond acceptors (Lipinski definition) is 5. The number of hydrogen-bond donors (Lipinski definition) is 1. The number of rotatable bonds is 8. The molecule has 2 aromatic rings. The molecule has 0 aliphatic rings. The van der Waals surface area contributed by atoms with E-state index in [-0.39, 0.29) is 13.2 Å². The lowest BCUT2D eigenvalue weighted by molar-refractivity contribution is -0.149. The standard InChI is InChI=1S/C22H27NO5/c1-22(2,3)28-21(25)23-19(16-26-14-17-10-6-4-7-11-17)20(24)27-15-18-12-8-5-9-13-18/h4-13,19H,14-16H2,1-3H3,(H,23,25). The van der Waals surface area contributed by atoms with Crippen LogP contribution in [0.1, 0.15) is 31.9 Å². The molecule has 0 heterocycles. The van der Waals surface area contributed by atoms with E-state index in [2.05, 4.69) is 5.32 Å². The first-order valence-electron chi connectivity index (χ1n) is 9.15. The Morgan fingerprint density at radius 2 is 1.43 bits per heavy atom. The maximum absolute atomic E-state index is 12.5. The predicted molar refractivity (Wildman–Crippen MR) is 105 cm³/mol. The summed E-state index contributed by atoms with van der Waals surface area (Å²) in [6.07, 6.45) is -0.697. The summed E-state index contributed by atoms with van der Waals surface area (Å²) >= 11 is 0. The molecule has 0 radical (unpaired) electrons. The second-order valence-corrected chi connectivity index (χ2v) is 7.29. The highest BCUT2D eigenvalue weighted by Crippen LogP contribution is 2.08. The van der Waals surface area contributed by atoms with Gasteiger partial charge in [0.05, 0.1) is 13.2 Å². The van der Waals surface area contributed by atoms with Gasteiger partial charge in [-0.15, -0.1) is 0 Å². The van der Waals surface area contributed by atoms with Crippen LogP contribution in [0.3, 0.4) is 0 Å². The molecule has 0 aromatic heterocycles. The van der Waals surface area contributed by atoms with Crippen molar-refractivity contribution in [2.45, 2.75) is 45.6 Å². The molecule has 0 saturated carbocycles. The number of ether oxygens (including phenoxy) is 3. The Morgan fingerprint density at radius 1 is 0.893 bits per heavy atom. The molecule has 2 rings (SSSR count). The van der Waals surface area contributed by atoms with E-state index >= 15 is 0 Å². The Hall–Kier alpha value is -2.86. The minimum Gasteiger partial charge on any atom is -0.459 e. The molecule has 0 spiro atoms. The third kappa shape index (κ3) is 8.22. The fraction of sp³-hybridized carbons (Fsp3) is 0.364. The zero-order valence-corrected chi connectivity index (χ0v) is 16.5. The largest absolute Gasteiger partial charge is 0.459 e. The van der Waals surface area contributed by atoms with Crippen molar-refractivity contribution in [2.75, 3.05) is 6.61 Å². The van der Waals surface area contributed by atoms with Gasteiger partial charge in [0.25, 0.3) is 0 Å². The van der Waals surface area contributed by atoms with Crippen LogP contribution in [-0.2, 0) is 32.2 Å². The first-order chi connectivity index (χ1) is 13.3. The summed E-state index contributed by atoms with van der Waals surface area (Å²) in [7, 11) is 0. The molecule has 6 nitrogen and oxygen atoms in total. The molecule has 6 heteroatoms. The highest BCUT2D eigenvalue weighted by molar-refractivity contribution is 5.81. The lowest BCUT2D eigenvalue weighted by Crippen LogP contribution is -2.46. The predicted octanol–water partition coefficient (Wildman–Crippen LogP) is 3.84. The summed E-state index contributed by atoms with van der Waals surface area (Å²) < 4.78 is 16.2. The quantitative estimate of drug-likeness (QED) is 0.699. The lowest BCUT2D eigenvalue weighted by Gasteiger charge is -2.23. The van der Waals surface area contributed by atoms with Crippen molar-refractivity contribution in [2.24, 2.45) is 0 Å². The topological polar surface area (TPSA) is 73.9 Å². The minimum atomic E-state index is -0.970. The van der Waals surface area contributed by atoms with Gasteiger partial charge in [0.2, 0.25) is 0 Å². The molecule has 1 unspecified atom stereocenters. The van der Waals surface area contributed by atoms with Crippen LogP contribution in [0.15, 0.2) is 60.7 Å². The van der Waals surface area contributed by atoms with E-state index in [1.165, 1.54) is 0 Å². The molecule has 1 atom stereocenters. The molecule has 0 saturated heterocycles. The van der Waals surface area contributed by atoms with Crippen molar-refractivity contribution in [1.82, 2.24) is 5.32 Å². The third-order valence-corrected chi connectivity index (χ3v) is 3.60. The van der Waals surface area contributed by atoms with Crippen molar-refractivity contribution in [3.63, 3.8) is 0 Å². The van der Waals surface area contributed by atoms with E-state index in [0.717, 1.165) is 11.1 Å². The highest BCUT2D eigenvalue weighted by Gasteiger charge is 2.26. The minimum absolute atomic E-state index is 0.0260. The highest BCUT2D eigenvalue weighted by atomic mass is 16.6. The van der Waals surface area contributed by atoms with Gasteiger partial charge in [-0.1, -0.05) is 60.7 Å². The average molecular weight is 385 g/mol. The van der Waals surface area contributed by atoms with Crippen molar-refractivity contribution in [3.8, 4) is 0 Å².